The number of halogens is 2. The number of Topliss-reactive ketones (excluding diaryl/α,β-unsaturated/α-hetero) is 1. The van der Waals surface area contributed by atoms with E-state index in [0.717, 1.165) is 14.2 Å². The summed E-state index contributed by atoms with van der Waals surface area (Å²) >= 11 is 0. The van der Waals surface area contributed by atoms with Gasteiger partial charge in [-0.1, -0.05) is 30.3 Å². The largest absolute Gasteiger partial charge is 0.479 e. The van der Waals surface area contributed by atoms with Gasteiger partial charge in [0.05, 0.1) is 5.92 Å². The lowest BCUT2D eigenvalue weighted by molar-refractivity contribution is -0.205. The topological polar surface area (TPSA) is 61.8 Å². The van der Waals surface area contributed by atoms with Gasteiger partial charge in [0.2, 0.25) is 0 Å². The van der Waals surface area contributed by atoms with Gasteiger partial charge in [0.25, 0.3) is 0 Å². The van der Waals surface area contributed by atoms with E-state index in [1.165, 1.54) is 0 Å². The maximum atomic E-state index is 13.9. The number of carbonyl (C=O) groups excluding carboxylic acids is 1. The minimum Gasteiger partial charge on any atom is -0.294 e. The van der Waals surface area contributed by atoms with Crippen LogP contribution in [0.15, 0.2) is 30.3 Å². The molecule has 21 heavy (non-hydrogen) atoms. The van der Waals surface area contributed by atoms with Crippen molar-refractivity contribution < 1.29 is 31.7 Å². The number of carbonyl (C=O) groups is 1. The molecule has 0 saturated heterocycles. The standard InChI is InChI=1S/C13H15F2O5P/c1-18-21(17,19-2)20-13(14,15)11-8-10(11)12(16)9-6-4-3-5-7-9/h3-7,10-11H,8H2,1-2H3/t10-,11-/m0/s1. The number of rotatable bonds is 7. The molecule has 2 atom stereocenters. The average Bonchev–Trinajstić information content (AvgIpc) is 3.28. The molecule has 8 heteroatoms. The molecule has 1 fully saturated rings. The van der Waals surface area contributed by atoms with E-state index in [2.05, 4.69) is 13.6 Å². The molecular weight excluding hydrogens is 305 g/mol. The second-order valence-corrected chi connectivity index (χ2v) is 6.45. The zero-order valence-corrected chi connectivity index (χ0v) is 12.4. The molecule has 0 bridgehead atoms. The molecule has 0 radical (unpaired) electrons. The normalized spacial score (nSPS) is 22.1. The summed E-state index contributed by atoms with van der Waals surface area (Å²) < 4.78 is 52.3. The summed E-state index contributed by atoms with van der Waals surface area (Å²) in [5.74, 6) is -2.57. The first kappa shape index (κ1) is 16.2. The van der Waals surface area contributed by atoms with Gasteiger partial charge < -0.3 is 0 Å². The molecule has 0 unspecified atom stereocenters. The monoisotopic (exact) mass is 320 g/mol. The van der Waals surface area contributed by atoms with E-state index in [1.807, 2.05) is 0 Å². The summed E-state index contributed by atoms with van der Waals surface area (Å²) in [4.78, 5) is 12.0. The third-order valence-electron chi connectivity index (χ3n) is 3.30. The van der Waals surface area contributed by atoms with E-state index < -0.39 is 25.8 Å². The first-order valence-electron chi connectivity index (χ1n) is 6.22. The van der Waals surface area contributed by atoms with Crippen molar-refractivity contribution >= 4 is 13.6 Å². The molecule has 116 valence electrons. The van der Waals surface area contributed by atoms with Gasteiger partial charge >= 0.3 is 13.9 Å². The van der Waals surface area contributed by atoms with Crippen LogP contribution in [0, 0.1) is 11.8 Å². The van der Waals surface area contributed by atoms with Gasteiger partial charge in [0.1, 0.15) is 0 Å². The minimum atomic E-state index is -4.31. The Hall–Kier alpha value is -1.14. The van der Waals surface area contributed by atoms with Crippen LogP contribution in [0.3, 0.4) is 0 Å². The molecule has 1 aliphatic carbocycles. The Labute approximate surface area is 120 Å². The average molecular weight is 320 g/mol. The zero-order chi connectivity index (χ0) is 15.7. The lowest BCUT2D eigenvalue weighted by Crippen LogP contribution is -2.25. The highest BCUT2D eigenvalue weighted by Gasteiger charge is 2.61. The number of phosphoric ester groups is 1. The van der Waals surface area contributed by atoms with E-state index in [9.17, 15) is 18.1 Å². The van der Waals surface area contributed by atoms with Gasteiger partial charge in [-0.2, -0.15) is 8.78 Å². The molecule has 1 aliphatic rings. The Bertz CT molecular complexity index is 555. The smallest absolute Gasteiger partial charge is 0.294 e. The van der Waals surface area contributed by atoms with Crippen LogP contribution >= 0.6 is 7.82 Å². The van der Waals surface area contributed by atoms with Crippen molar-refractivity contribution in [3.63, 3.8) is 0 Å². The summed E-state index contributed by atoms with van der Waals surface area (Å²) in [6, 6.07) is 8.16. The van der Waals surface area contributed by atoms with Crippen LogP contribution in [-0.2, 0) is 18.1 Å². The van der Waals surface area contributed by atoms with Crippen molar-refractivity contribution in [2.24, 2.45) is 11.8 Å². The Morgan fingerprint density at radius 2 is 1.81 bits per heavy atom. The van der Waals surface area contributed by atoms with Crippen molar-refractivity contribution in [1.82, 2.24) is 0 Å². The third kappa shape index (κ3) is 3.55. The fourth-order valence-corrected chi connectivity index (χ4v) is 2.77. The molecule has 0 heterocycles. The Kier molecular flexibility index (Phi) is 4.58. The van der Waals surface area contributed by atoms with Gasteiger partial charge in [-0.05, 0) is 6.42 Å². The second-order valence-electron chi connectivity index (χ2n) is 4.64. The van der Waals surface area contributed by atoms with E-state index in [1.54, 1.807) is 30.3 Å². The maximum Gasteiger partial charge on any atom is 0.479 e. The maximum absolute atomic E-state index is 13.9. The van der Waals surface area contributed by atoms with Crippen molar-refractivity contribution in [2.45, 2.75) is 12.5 Å². The highest BCUT2D eigenvalue weighted by atomic mass is 31.2. The molecule has 0 spiro atoms. The molecule has 0 amide bonds. The van der Waals surface area contributed by atoms with Gasteiger partial charge in [0, 0.05) is 25.7 Å². The quantitative estimate of drug-likeness (QED) is 0.568. The molecule has 0 aliphatic heterocycles. The van der Waals surface area contributed by atoms with Crippen molar-refractivity contribution in [2.75, 3.05) is 14.2 Å². The molecule has 1 aromatic rings. The lowest BCUT2D eigenvalue weighted by atomic mass is 10.1. The van der Waals surface area contributed by atoms with E-state index >= 15 is 0 Å². The van der Waals surface area contributed by atoms with E-state index in [0.29, 0.717) is 5.56 Å². The molecule has 0 N–H and O–H groups in total. The van der Waals surface area contributed by atoms with Crippen LogP contribution < -0.4 is 0 Å². The Morgan fingerprint density at radius 3 is 2.33 bits per heavy atom. The number of hydrogen-bond donors (Lipinski definition) is 0. The fourth-order valence-electron chi connectivity index (χ4n) is 2.04. The van der Waals surface area contributed by atoms with E-state index in [4.69, 9.17) is 0 Å². The highest BCUT2D eigenvalue weighted by molar-refractivity contribution is 7.48. The first-order valence-corrected chi connectivity index (χ1v) is 7.68. The van der Waals surface area contributed by atoms with Gasteiger partial charge in [-0.15, -0.1) is 0 Å². The SMILES string of the molecule is COP(=O)(OC)OC(F)(F)[C@H]1C[C@@H]1C(=O)c1ccccc1. The third-order valence-corrected chi connectivity index (χ3v) is 4.66. The molecule has 5 nitrogen and oxygen atoms in total. The Morgan fingerprint density at radius 1 is 1.24 bits per heavy atom. The summed E-state index contributed by atoms with van der Waals surface area (Å²) in [7, 11) is -2.42. The molecule has 2 rings (SSSR count). The van der Waals surface area contributed by atoms with Crippen LogP contribution in [0.2, 0.25) is 0 Å². The second kappa shape index (κ2) is 5.93. The summed E-state index contributed by atoms with van der Waals surface area (Å²) in [6.07, 6.45) is -3.79. The number of alkyl halides is 2. The van der Waals surface area contributed by atoms with Gasteiger partial charge in [-0.25, -0.2) is 9.09 Å². The van der Waals surface area contributed by atoms with Crippen LogP contribution in [-0.4, -0.2) is 26.1 Å². The Balaban J connectivity index is 2.05. The fraction of sp³-hybridized carbons (Fsp3) is 0.462. The lowest BCUT2D eigenvalue weighted by Gasteiger charge is -2.21. The van der Waals surface area contributed by atoms with Crippen LogP contribution in [0.5, 0.6) is 0 Å². The predicted octanol–water partition coefficient (Wildman–Crippen LogP) is 3.52. The van der Waals surface area contributed by atoms with Crippen LogP contribution in [0.1, 0.15) is 16.8 Å². The van der Waals surface area contributed by atoms with Gasteiger partial charge in [-0.3, -0.25) is 13.8 Å². The molecule has 1 saturated carbocycles. The molecule has 1 aromatic carbocycles. The molecular formula is C13H15F2O5P. The van der Waals surface area contributed by atoms with E-state index in [-0.39, 0.29) is 12.2 Å². The summed E-state index contributed by atoms with van der Waals surface area (Å²) in [6.45, 7) is 0. The summed E-state index contributed by atoms with van der Waals surface area (Å²) in [5.41, 5.74) is 0.363. The van der Waals surface area contributed by atoms with Crippen molar-refractivity contribution in [1.29, 1.82) is 0 Å². The number of hydrogen-bond acceptors (Lipinski definition) is 5. The first-order chi connectivity index (χ1) is 9.83. The predicted molar refractivity (Wildman–Crippen MR) is 70.0 cm³/mol. The van der Waals surface area contributed by atoms with Crippen LogP contribution in [0.4, 0.5) is 8.78 Å². The molecule has 0 aromatic heterocycles. The van der Waals surface area contributed by atoms with Crippen molar-refractivity contribution in [3.05, 3.63) is 35.9 Å². The van der Waals surface area contributed by atoms with Crippen molar-refractivity contribution in [3.8, 4) is 0 Å². The number of ketones is 1. The number of phosphoric acid groups is 1. The zero-order valence-electron chi connectivity index (χ0n) is 11.5. The van der Waals surface area contributed by atoms with Gasteiger partial charge in [0.15, 0.2) is 5.78 Å². The summed E-state index contributed by atoms with van der Waals surface area (Å²) in [5, 5.41) is 0. The highest BCUT2D eigenvalue weighted by Crippen LogP contribution is 2.59. The number of benzene rings is 1. The van der Waals surface area contributed by atoms with Crippen LogP contribution in [0.25, 0.3) is 0 Å². The minimum absolute atomic E-state index is 0.0336.